The van der Waals surface area contributed by atoms with E-state index in [0.717, 1.165) is 12.8 Å². The van der Waals surface area contributed by atoms with Crippen molar-refractivity contribution in [1.82, 2.24) is 10.6 Å². The maximum atomic E-state index is 14.2. The molecule has 1 saturated carbocycles. The van der Waals surface area contributed by atoms with E-state index in [1.54, 1.807) is 44.2 Å². The van der Waals surface area contributed by atoms with Crippen LogP contribution in [0.3, 0.4) is 0 Å². The Hall–Kier alpha value is -3.20. The first-order chi connectivity index (χ1) is 16.9. The highest BCUT2D eigenvalue weighted by atomic mass is 16.5. The maximum absolute atomic E-state index is 14.2. The standard InChI is InChI=1S/C27H33N3O6/c1-6-35-24(34)15-8-7-9-17(14-15)30-20(22(32)29-25(2,3)4)27-13-12-26(5,36-27)18(19(27)23(30)33)21(31)28-16-10-11-16/h7-9,12-14,16,18-20H,6,10-11H2,1-5H3,(H,28,31)(H,29,32)/t18-,19+,20-,26-,27+/m1/s1. The molecule has 2 saturated heterocycles. The number of rotatable bonds is 6. The fourth-order valence-electron chi connectivity index (χ4n) is 5.77. The van der Waals surface area contributed by atoms with E-state index in [2.05, 4.69) is 10.6 Å². The quantitative estimate of drug-likeness (QED) is 0.462. The Morgan fingerprint density at radius 1 is 1.17 bits per heavy atom. The van der Waals surface area contributed by atoms with Gasteiger partial charge in [-0.2, -0.15) is 0 Å². The number of nitrogens with zero attached hydrogens (tertiary/aromatic N) is 1. The summed E-state index contributed by atoms with van der Waals surface area (Å²) in [5.74, 6) is -3.19. The molecule has 3 heterocycles. The van der Waals surface area contributed by atoms with Gasteiger partial charge in [-0.1, -0.05) is 18.2 Å². The highest BCUT2D eigenvalue weighted by Gasteiger charge is 2.76. The molecule has 1 spiro atoms. The molecule has 3 aliphatic heterocycles. The van der Waals surface area contributed by atoms with Crippen LogP contribution in [0.15, 0.2) is 36.4 Å². The van der Waals surface area contributed by atoms with Gasteiger partial charge in [0.1, 0.15) is 11.6 Å². The molecular formula is C27H33N3O6. The summed E-state index contributed by atoms with van der Waals surface area (Å²) in [6, 6.07) is 5.51. The van der Waals surface area contributed by atoms with E-state index in [-0.39, 0.29) is 30.0 Å². The van der Waals surface area contributed by atoms with Crippen molar-refractivity contribution in [2.24, 2.45) is 11.8 Å². The van der Waals surface area contributed by atoms with Crippen LogP contribution in [0.2, 0.25) is 0 Å². The number of nitrogens with one attached hydrogen (secondary N) is 2. The van der Waals surface area contributed by atoms with E-state index < -0.39 is 46.5 Å². The van der Waals surface area contributed by atoms with Crippen molar-refractivity contribution in [1.29, 1.82) is 0 Å². The minimum absolute atomic E-state index is 0.119. The van der Waals surface area contributed by atoms with Crippen molar-refractivity contribution >= 4 is 29.4 Å². The molecule has 0 unspecified atom stereocenters. The third-order valence-electron chi connectivity index (χ3n) is 7.29. The Balaban J connectivity index is 1.60. The largest absolute Gasteiger partial charge is 0.462 e. The second-order valence-corrected chi connectivity index (χ2v) is 11.3. The van der Waals surface area contributed by atoms with Gasteiger partial charge in [0.25, 0.3) is 0 Å². The summed E-state index contributed by atoms with van der Waals surface area (Å²) in [6.07, 6.45) is 5.42. The van der Waals surface area contributed by atoms with Crippen LogP contribution in [-0.2, 0) is 23.9 Å². The van der Waals surface area contributed by atoms with Crippen molar-refractivity contribution in [3.05, 3.63) is 42.0 Å². The fourth-order valence-corrected chi connectivity index (χ4v) is 5.77. The van der Waals surface area contributed by atoms with Gasteiger partial charge in [-0.05, 0) is 65.7 Å². The predicted molar refractivity (Wildman–Crippen MR) is 131 cm³/mol. The van der Waals surface area contributed by atoms with E-state index in [1.165, 1.54) is 4.90 Å². The molecule has 9 heteroatoms. The minimum Gasteiger partial charge on any atom is -0.462 e. The first-order valence-corrected chi connectivity index (χ1v) is 12.5. The summed E-state index contributed by atoms with van der Waals surface area (Å²) in [5.41, 5.74) is -2.25. The molecular weight excluding hydrogens is 462 g/mol. The van der Waals surface area contributed by atoms with Crippen molar-refractivity contribution < 1.29 is 28.7 Å². The normalized spacial score (nSPS) is 32.4. The topological polar surface area (TPSA) is 114 Å². The number of hydrogen-bond acceptors (Lipinski definition) is 6. The number of fused-ring (bicyclic) bond motifs is 1. The number of amides is 3. The van der Waals surface area contributed by atoms with Crippen LogP contribution in [0.25, 0.3) is 0 Å². The molecule has 3 fully saturated rings. The Morgan fingerprint density at radius 2 is 1.89 bits per heavy atom. The van der Waals surface area contributed by atoms with Crippen molar-refractivity contribution in [2.75, 3.05) is 11.5 Å². The van der Waals surface area contributed by atoms with Gasteiger partial charge in [0.2, 0.25) is 17.7 Å². The average Bonchev–Trinajstić information content (AvgIpc) is 3.40. The zero-order valence-electron chi connectivity index (χ0n) is 21.3. The molecule has 1 aromatic rings. The third-order valence-corrected chi connectivity index (χ3v) is 7.29. The average molecular weight is 496 g/mol. The lowest BCUT2D eigenvalue weighted by Crippen LogP contribution is -2.58. The zero-order valence-corrected chi connectivity index (χ0v) is 21.3. The van der Waals surface area contributed by atoms with Gasteiger partial charge in [0.15, 0.2) is 0 Å². The Morgan fingerprint density at radius 3 is 2.53 bits per heavy atom. The van der Waals surface area contributed by atoms with E-state index in [1.807, 2.05) is 26.8 Å². The Kier molecular flexibility index (Phi) is 5.55. The first kappa shape index (κ1) is 24.5. The van der Waals surface area contributed by atoms with Crippen molar-refractivity contribution in [3.63, 3.8) is 0 Å². The zero-order chi connectivity index (χ0) is 26.0. The SMILES string of the molecule is CCOC(=O)c1cccc(N2C(=O)[C@@H]3[C@H](C(=O)NC4CC4)[C@@]4(C)C=C[C@@]3(O4)[C@H]2C(=O)NC(C)(C)C)c1. The van der Waals surface area contributed by atoms with Gasteiger partial charge in [-0.3, -0.25) is 19.3 Å². The summed E-state index contributed by atoms with van der Waals surface area (Å²) in [7, 11) is 0. The van der Waals surface area contributed by atoms with Crippen LogP contribution in [0.5, 0.6) is 0 Å². The molecule has 1 aliphatic carbocycles. The van der Waals surface area contributed by atoms with E-state index in [9.17, 15) is 19.2 Å². The fraction of sp³-hybridized carbons (Fsp3) is 0.556. The molecule has 2 bridgehead atoms. The summed E-state index contributed by atoms with van der Waals surface area (Å²) >= 11 is 0. The smallest absolute Gasteiger partial charge is 0.338 e. The monoisotopic (exact) mass is 495 g/mol. The van der Waals surface area contributed by atoms with Crippen LogP contribution in [0.1, 0.15) is 57.8 Å². The number of anilines is 1. The lowest BCUT2D eigenvalue weighted by Gasteiger charge is -2.35. The second kappa shape index (κ2) is 8.16. The molecule has 5 atom stereocenters. The van der Waals surface area contributed by atoms with Crippen LogP contribution in [0, 0.1) is 11.8 Å². The molecule has 4 aliphatic rings. The van der Waals surface area contributed by atoms with Gasteiger partial charge >= 0.3 is 5.97 Å². The molecule has 1 aromatic carbocycles. The highest BCUT2D eigenvalue weighted by Crippen LogP contribution is 2.60. The van der Waals surface area contributed by atoms with Gasteiger partial charge in [0, 0.05) is 17.3 Å². The summed E-state index contributed by atoms with van der Waals surface area (Å²) in [5, 5.41) is 6.01. The Bertz CT molecular complexity index is 1170. The summed E-state index contributed by atoms with van der Waals surface area (Å²) in [4.78, 5) is 55.1. The lowest BCUT2D eigenvalue weighted by atomic mass is 9.70. The summed E-state index contributed by atoms with van der Waals surface area (Å²) in [6.45, 7) is 9.30. The number of esters is 1. The molecule has 192 valence electrons. The van der Waals surface area contributed by atoms with Gasteiger partial charge < -0.3 is 20.1 Å². The predicted octanol–water partition coefficient (Wildman–Crippen LogP) is 2.10. The number of hydrogen-bond donors (Lipinski definition) is 2. The van der Waals surface area contributed by atoms with E-state index >= 15 is 0 Å². The van der Waals surface area contributed by atoms with E-state index in [4.69, 9.17) is 9.47 Å². The molecule has 2 N–H and O–H groups in total. The molecule has 3 amide bonds. The minimum atomic E-state index is -1.31. The third kappa shape index (κ3) is 3.80. The number of carbonyl (C=O) groups is 4. The van der Waals surface area contributed by atoms with Crippen molar-refractivity contribution in [2.45, 2.75) is 76.3 Å². The molecule has 9 nitrogen and oxygen atoms in total. The molecule has 5 rings (SSSR count). The van der Waals surface area contributed by atoms with Gasteiger partial charge in [-0.15, -0.1) is 0 Å². The van der Waals surface area contributed by atoms with Crippen LogP contribution in [-0.4, -0.2) is 59.1 Å². The molecule has 36 heavy (non-hydrogen) atoms. The van der Waals surface area contributed by atoms with E-state index in [0.29, 0.717) is 5.69 Å². The van der Waals surface area contributed by atoms with Crippen LogP contribution < -0.4 is 15.5 Å². The van der Waals surface area contributed by atoms with Crippen LogP contribution >= 0.6 is 0 Å². The first-order valence-electron chi connectivity index (χ1n) is 12.5. The second-order valence-electron chi connectivity index (χ2n) is 11.3. The van der Waals surface area contributed by atoms with Gasteiger partial charge in [0.05, 0.1) is 29.6 Å². The Labute approximate surface area is 210 Å². The summed E-state index contributed by atoms with van der Waals surface area (Å²) < 4.78 is 11.6. The number of benzene rings is 1. The lowest BCUT2D eigenvalue weighted by molar-refractivity contribution is -0.134. The van der Waals surface area contributed by atoms with Gasteiger partial charge in [-0.25, -0.2) is 4.79 Å². The molecule has 0 radical (unpaired) electrons. The molecule has 0 aromatic heterocycles. The van der Waals surface area contributed by atoms with Crippen molar-refractivity contribution in [3.8, 4) is 0 Å². The number of carbonyl (C=O) groups excluding carboxylic acids is 4. The maximum Gasteiger partial charge on any atom is 0.338 e. The van der Waals surface area contributed by atoms with Crippen LogP contribution in [0.4, 0.5) is 5.69 Å². The number of ether oxygens (including phenoxy) is 2. The highest BCUT2D eigenvalue weighted by molar-refractivity contribution is 6.11.